The first kappa shape index (κ1) is 16.9. The minimum Gasteiger partial charge on any atom is -0.497 e. The Morgan fingerprint density at radius 1 is 1.07 bits per heavy atom. The molecule has 1 amide bonds. The van der Waals surface area contributed by atoms with E-state index in [4.69, 9.17) is 4.74 Å². The standard InChI is InChI=1S/C21H18N4O2/c1-27-17-8-4-7-16(12-17)25-21(26)18(15-6-5-10-22-14-15)13-20(24-25)19-9-2-3-11-23-19/h2-12,14,18H,13H2,1H3. The highest BCUT2D eigenvalue weighted by atomic mass is 16.5. The van der Waals surface area contributed by atoms with Gasteiger partial charge in [-0.1, -0.05) is 18.2 Å². The van der Waals surface area contributed by atoms with E-state index in [2.05, 4.69) is 15.1 Å². The first-order chi connectivity index (χ1) is 13.3. The molecule has 0 bridgehead atoms. The van der Waals surface area contributed by atoms with Crippen LogP contribution in [0.15, 0.2) is 78.3 Å². The Hall–Kier alpha value is -3.54. The van der Waals surface area contributed by atoms with Crippen molar-refractivity contribution in [3.05, 3.63) is 84.4 Å². The summed E-state index contributed by atoms with van der Waals surface area (Å²) < 4.78 is 5.30. The summed E-state index contributed by atoms with van der Waals surface area (Å²) in [5, 5.41) is 6.05. The average Bonchev–Trinajstić information content (AvgIpc) is 2.75. The maximum Gasteiger partial charge on any atom is 0.255 e. The van der Waals surface area contributed by atoms with Gasteiger partial charge in [0.1, 0.15) is 5.75 Å². The Morgan fingerprint density at radius 2 is 2.00 bits per heavy atom. The average molecular weight is 358 g/mol. The van der Waals surface area contributed by atoms with Gasteiger partial charge in [0.25, 0.3) is 5.91 Å². The number of carbonyl (C=O) groups is 1. The van der Waals surface area contributed by atoms with Crippen LogP contribution in [0.25, 0.3) is 0 Å². The molecule has 1 atom stereocenters. The highest BCUT2D eigenvalue weighted by Gasteiger charge is 2.34. The molecule has 6 heteroatoms. The van der Waals surface area contributed by atoms with Crippen molar-refractivity contribution in [2.45, 2.75) is 12.3 Å². The predicted molar refractivity (Wildman–Crippen MR) is 103 cm³/mol. The van der Waals surface area contributed by atoms with Gasteiger partial charge in [-0.2, -0.15) is 10.1 Å². The summed E-state index contributed by atoms with van der Waals surface area (Å²) in [6, 6.07) is 16.7. The first-order valence-corrected chi connectivity index (χ1v) is 8.63. The van der Waals surface area contributed by atoms with Crippen molar-refractivity contribution in [1.82, 2.24) is 9.97 Å². The van der Waals surface area contributed by atoms with Gasteiger partial charge >= 0.3 is 0 Å². The lowest BCUT2D eigenvalue weighted by molar-refractivity contribution is -0.120. The van der Waals surface area contributed by atoms with E-state index in [-0.39, 0.29) is 11.8 Å². The second-order valence-electron chi connectivity index (χ2n) is 6.16. The smallest absolute Gasteiger partial charge is 0.255 e. The number of hydrogen-bond donors (Lipinski definition) is 0. The second-order valence-corrected chi connectivity index (χ2v) is 6.16. The summed E-state index contributed by atoms with van der Waals surface area (Å²) >= 11 is 0. The maximum atomic E-state index is 13.2. The van der Waals surface area contributed by atoms with Gasteiger partial charge in [0, 0.05) is 31.1 Å². The van der Waals surface area contributed by atoms with Crippen LogP contribution in [0.5, 0.6) is 5.75 Å². The molecule has 1 aliphatic heterocycles. The molecule has 0 N–H and O–H groups in total. The highest BCUT2D eigenvalue weighted by molar-refractivity contribution is 6.10. The van der Waals surface area contributed by atoms with Gasteiger partial charge in [-0.3, -0.25) is 14.8 Å². The molecule has 1 unspecified atom stereocenters. The molecule has 134 valence electrons. The van der Waals surface area contributed by atoms with E-state index in [1.54, 1.807) is 31.8 Å². The molecule has 0 aliphatic carbocycles. The number of anilines is 1. The van der Waals surface area contributed by atoms with Gasteiger partial charge in [0.05, 0.1) is 30.1 Å². The lowest BCUT2D eigenvalue weighted by atomic mass is 9.91. The SMILES string of the molecule is COc1cccc(N2N=C(c3ccccn3)CC(c3cccnc3)C2=O)c1. The number of amides is 1. The van der Waals surface area contributed by atoms with Crippen molar-refractivity contribution >= 4 is 17.3 Å². The molecule has 1 aliphatic rings. The zero-order valence-corrected chi connectivity index (χ0v) is 14.8. The fourth-order valence-electron chi connectivity index (χ4n) is 3.10. The van der Waals surface area contributed by atoms with Crippen LogP contribution in [-0.2, 0) is 4.79 Å². The number of hydrazone groups is 1. The van der Waals surface area contributed by atoms with Crippen molar-refractivity contribution in [2.75, 3.05) is 12.1 Å². The molecule has 3 heterocycles. The minimum absolute atomic E-state index is 0.101. The number of carbonyl (C=O) groups excluding carboxylic acids is 1. The van der Waals surface area contributed by atoms with Crippen molar-refractivity contribution in [3.63, 3.8) is 0 Å². The molecule has 2 aromatic heterocycles. The molecule has 0 saturated heterocycles. The number of aromatic nitrogens is 2. The molecule has 6 nitrogen and oxygen atoms in total. The molecule has 0 saturated carbocycles. The molecular formula is C21H18N4O2. The van der Waals surface area contributed by atoms with Gasteiger partial charge in [0.15, 0.2) is 0 Å². The number of ether oxygens (including phenoxy) is 1. The number of rotatable bonds is 4. The monoisotopic (exact) mass is 358 g/mol. The third-order valence-corrected chi connectivity index (χ3v) is 4.47. The number of pyridine rings is 2. The van der Waals surface area contributed by atoms with E-state index >= 15 is 0 Å². The van der Waals surface area contributed by atoms with Crippen LogP contribution in [0.4, 0.5) is 5.69 Å². The summed E-state index contributed by atoms with van der Waals surface area (Å²) in [5.74, 6) is 0.189. The molecule has 3 aromatic rings. The molecule has 0 fully saturated rings. The van der Waals surface area contributed by atoms with E-state index in [9.17, 15) is 4.79 Å². The molecule has 0 spiro atoms. The predicted octanol–water partition coefficient (Wildman–Crippen LogP) is 3.41. The van der Waals surface area contributed by atoms with Crippen LogP contribution in [0, 0.1) is 0 Å². The first-order valence-electron chi connectivity index (χ1n) is 8.63. The quantitative estimate of drug-likeness (QED) is 0.717. The highest BCUT2D eigenvalue weighted by Crippen LogP contribution is 2.32. The topological polar surface area (TPSA) is 67.7 Å². The van der Waals surface area contributed by atoms with Crippen LogP contribution >= 0.6 is 0 Å². The van der Waals surface area contributed by atoms with Gasteiger partial charge in [-0.05, 0) is 35.9 Å². The Balaban J connectivity index is 1.80. The number of hydrogen-bond acceptors (Lipinski definition) is 5. The third kappa shape index (κ3) is 3.42. The lowest BCUT2D eigenvalue weighted by Gasteiger charge is -2.29. The fourth-order valence-corrected chi connectivity index (χ4v) is 3.10. The van der Waals surface area contributed by atoms with Crippen LogP contribution in [-0.4, -0.2) is 28.7 Å². The Labute approximate surface area is 157 Å². The summed E-state index contributed by atoms with van der Waals surface area (Å²) in [6.45, 7) is 0. The van der Waals surface area contributed by atoms with Crippen LogP contribution in [0.3, 0.4) is 0 Å². The van der Waals surface area contributed by atoms with Gasteiger partial charge in [-0.15, -0.1) is 0 Å². The van der Waals surface area contributed by atoms with Crippen molar-refractivity contribution in [2.24, 2.45) is 5.10 Å². The molecule has 0 radical (unpaired) electrons. The summed E-state index contributed by atoms with van der Waals surface area (Å²) in [7, 11) is 1.60. The van der Waals surface area contributed by atoms with Gasteiger partial charge in [-0.25, -0.2) is 0 Å². The maximum absolute atomic E-state index is 13.2. The number of nitrogens with zero attached hydrogens (tertiary/aromatic N) is 4. The summed E-state index contributed by atoms with van der Waals surface area (Å²) in [4.78, 5) is 21.8. The Kier molecular flexibility index (Phi) is 4.61. The Morgan fingerprint density at radius 3 is 2.74 bits per heavy atom. The van der Waals surface area contributed by atoms with E-state index in [1.165, 1.54) is 5.01 Å². The van der Waals surface area contributed by atoms with E-state index in [0.29, 0.717) is 17.9 Å². The van der Waals surface area contributed by atoms with Crippen molar-refractivity contribution in [3.8, 4) is 5.75 Å². The normalized spacial score (nSPS) is 16.8. The zero-order valence-electron chi connectivity index (χ0n) is 14.8. The van der Waals surface area contributed by atoms with Crippen LogP contribution in [0.1, 0.15) is 23.6 Å². The fraction of sp³-hybridized carbons (Fsp3) is 0.143. The Bertz CT molecular complexity index is 974. The van der Waals surface area contributed by atoms with Gasteiger partial charge in [0.2, 0.25) is 0 Å². The second kappa shape index (κ2) is 7.37. The zero-order chi connectivity index (χ0) is 18.6. The van der Waals surface area contributed by atoms with Gasteiger partial charge < -0.3 is 4.74 Å². The summed E-state index contributed by atoms with van der Waals surface area (Å²) in [5.41, 5.74) is 3.03. The summed E-state index contributed by atoms with van der Waals surface area (Å²) in [6.07, 6.45) is 5.63. The third-order valence-electron chi connectivity index (χ3n) is 4.47. The van der Waals surface area contributed by atoms with E-state index < -0.39 is 0 Å². The largest absolute Gasteiger partial charge is 0.497 e. The number of methoxy groups -OCH3 is 1. The van der Waals surface area contributed by atoms with Crippen LogP contribution < -0.4 is 9.75 Å². The molecule has 27 heavy (non-hydrogen) atoms. The minimum atomic E-state index is -0.376. The van der Waals surface area contributed by atoms with Crippen LogP contribution in [0.2, 0.25) is 0 Å². The lowest BCUT2D eigenvalue weighted by Crippen LogP contribution is -2.38. The number of benzene rings is 1. The molecular weight excluding hydrogens is 340 g/mol. The van der Waals surface area contributed by atoms with Crippen molar-refractivity contribution in [1.29, 1.82) is 0 Å². The van der Waals surface area contributed by atoms with E-state index in [1.807, 2.05) is 48.5 Å². The molecule has 4 rings (SSSR count). The molecule has 1 aromatic carbocycles. The van der Waals surface area contributed by atoms with Crippen molar-refractivity contribution < 1.29 is 9.53 Å². The van der Waals surface area contributed by atoms with E-state index in [0.717, 1.165) is 17.0 Å².